The van der Waals surface area contributed by atoms with Crippen molar-refractivity contribution in [3.8, 4) is 11.5 Å². The van der Waals surface area contributed by atoms with Gasteiger partial charge in [0.25, 0.3) is 0 Å². The highest BCUT2D eigenvalue weighted by molar-refractivity contribution is 8.55. The maximum absolute atomic E-state index is 13.9. The van der Waals surface area contributed by atoms with Crippen molar-refractivity contribution in [1.29, 1.82) is 0 Å². The maximum Gasteiger partial charge on any atom is 0.497 e. The van der Waals surface area contributed by atoms with Crippen LogP contribution in [0.1, 0.15) is 57.4 Å². The second kappa shape index (κ2) is 13.4. The molecule has 0 saturated heterocycles. The Morgan fingerprint density at radius 1 is 0.656 bits per heavy atom. The molecule has 0 spiro atoms. The highest BCUT2D eigenvalue weighted by atomic mass is 32.7. The monoisotopic (exact) mass is 468 g/mol. The van der Waals surface area contributed by atoms with Gasteiger partial charge >= 0.3 is 6.80 Å². The zero-order chi connectivity index (χ0) is 22.5. The van der Waals surface area contributed by atoms with Crippen LogP contribution in [0.15, 0.2) is 89.8 Å². The molecule has 0 radical (unpaired) electrons. The first kappa shape index (κ1) is 24.5. The van der Waals surface area contributed by atoms with Crippen molar-refractivity contribution < 1.29 is 13.6 Å². The van der Waals surface area contributed by atoms with Crippen molar-refractivity contribution in [3.63, 3.8) is 0 Å². The lowest BCUT2D eigenvalue weighted by molar-refractivity contribution is 0.408. The Kier molecular flexibility index (Phi) is 10.3. The fraction of sp³-hybridized carbons (Fsp3) is 0.333. The van der Waals surface area contributed by atoms with E-state index < -0.39 is 6.80 Å². The van der Waals surface area contributed by atoms with E-state index in [1.807, 2.05) is 54.6 Å². The molecular formula is C27H33O3PS. The molecule has 0 fully saturated rings. The minimum atomic E-state index is -3.55. The smallest absolute Gasteiger partial charge is 0.408 e. The number of benzene rings is 3. The third-order valence-electron chi connectivity index (χ3n) is 5.15. The molecule has 0 aliphatic rings. The summed E-state index contributed by atoms with van der Waals surface area (Å²) in [6, 6.07) is 26.6. The van der Waals surface area contributed by atoms with E-state index in [1.54, 1.807) is 24.3 Å². The van der Waals surface area contributed by atoms with Crippen molar-refractivity contribution in [2.24, 2.45) is 0 Å². The lowest BCUT2D eigenvalue weighted by Gasteiger charge is -2.20. The molecule has 0 amide bonds. The van der Waals surface area contributed by atoms with Crippen LogP contribution in [0.5, 0.6) is 11.5 Å². The Morgan fingerprint density at radius 3 is 1.75 bits per heavy atom. The van der Waals surface area contributed by atoms with Gasteiger partial charge in [-0.05, 0) is 48.7 Å². The van der Waals surface area contributed by atoms with Gasteiger partial charge in [0.2, 0.25) is 0 Å². The molecule has 3 nitrogen and oxygen atoms in total. The first-order valence-electron chi connectivity index (χ1n) is 11.6. The van der Waals surface area contributed by atoms with Crippen LogP contribution in [0.25, 0.3) is 0 Å². The SMILES string of the molecule is CCCCCCCCCc1ccccc1SP(=O)(Oc1ccccc1)Oc1ccccc1. The predicted octanol–water partition coefficient (Wildman–Crippen LogP) is 9.34. The Bertz CT molecular complexity index is 917. The Hall–Kier alpha value is -2.16. The van der Waals surface area contributed by atoms with Crippen LogP contribution in [0.2, 0.25) is 0 Å². The van der Waals surface area contributed by atoms with Crippen LogP contribution in [0, 0.1) is 0 Å². The van der Waals surface area contributed by atoms with Gasteiger partial charge in [0.15, 0.2) is 0 Å². The number of para-hydroxylation sites is 2. The average Bonchev–Trinajstić information content (AvgIpc) is 2.80. The molecule has 0 heterocycles. The lowest BCUT2D eigenvalue weighted by Crippen LogP contribution is -1.99. The highest BCUT2D eigenvalue weighted by Gasteiger charge is 2.31. The first-order valence-corrected chi connectivity index (χ1v) is 14.5. The summed E-state index contributed by atoms with van der Waals surface area (Å²) >= 11 is 1.19. The molecule has 170 valence electrons. The standard InChI is InChI=1S/C27H33O3PS/c1-2-3-4-5-6-7-10-17-24-18-15-16-23-27(24)32-31(28,29-25-19-11-8-12-20-25)30-26-21-13-9-14-22-26/h8-9,11-16,18-23H,2-7,10,17H2,1H3. The molecule has 0 aromatic heterocycles. The van der Waals surface area contributed by atoms with Gasteiger partial charge in [-0.1, -0.05) is 100 Å². The molecule has 3 rings (SSSR count). The Morgan fingerprint density at radius 2 is 1.16 bits per heavy atom. The van der Waals surface area contributed by atoms with Crippen molar-refractivity contribution in [3.05, 3.63) is 90.5 Å². The fourth-order valence-corrected chi connectivity index (χ4v) is 7.01. The number of hydrogen-bond acceptors (Lipinski definition) is 4. The molecule has 0 unspecified atom stereocenters. The van der Waals surface area contributed by atoms with E-state index in [0.717, 1.165) is 17.7 Å². The van der Waals surface area contributed by atoms with Crippen LogP contribution in [-0.4, -0.2) is 0 Å². The van der Waals surface area contributed by atoms with E-state index in [1.165, 1.54) is 55.5 Å². The molecular weight excluding hydrogens is 435 g/mol. The molecule has 32 heavy (non-hydrogen) atoms. The average molecular weight is 469 g/mol. The van der Waals surface area contributed by atoms with E-state index in [2.05, 4.69) is 13.0 Å². The molecule has 0 aliphatic carbocycles. The molecule has 0 aliphatic heterocycles. The quantitative estimate of drug-likeness (QED) is 0.174. The van der Waals surface area contributed by atoms with Gasteiger partial charge in [-0.15, -0.1) is 0 Å². The predicted molar refractivity (Wildman–Crippen MR) is 136 cm³/mol. The summed E-state index contributed by atoms with van der Waals surface area (Å²) in [6.45, 7) is -1.31. The minimum absolute atomic E-state index is 0.531. The number of hydrogen-bond donors (Lipinski definition) is 0. The number of aryl methyl sites for hydroxylation is 1. The van der Waals surface area contributed by atoms with Gasteiger partial charge in [-0.3, -0.25) is 0 Å². The highest BCUT2D eigenvalue weighted by Crippen LogP contribution is 2.63. The van der Waals surface area contributed by atoms with E-state index in [0.29, 0.717) is 11.5 Å². The van der Waals surface area contributed by atoms with Gasteiger partial charge in [0.1, 0.15) is 11.5 Å². The molecule has 0 saturated carbocycles. The summed E-state index contributed by atoms with van der Waals surface area (Å²) in [5.74, 6) is 1.06. The summed E-state index contributed by atoms with van der Waals surface area (Å²) in [5, 5.41) is 0. The number of unbranched alkanes of at least 4 members (excludes halogenated alkanes) is 6. The van der Waals surface area contributed by atoms with Crippen molar-refractivity contribution >= 4 is 18.2 Å². The summed E-state index contributed by atoms with van der Waals surface area (Å²) in [4.78, 5) is 0.952. The largest absolute Gasteiger partial charge is 0.497 e. The van der Waals surface area contributed by atoms with E-state index >= 15 is 0 Å². The topological polar surface area (TPSA) is 35.5 Å². The third-order valence-corrected chi connectivity index (χ3v) is 8.55. The molecule has 3 aromatic rings. The van der Waals surface area contributed by atoms with E-state index in [-0.39, 0.29) is 0 Å². The molecule has 3 aromatic carbocycles. The summed E-state index contributed by atoms with van der Waals surface area (Å²) in [7, 11) is 0. The van der Waals surface area contributed by atoms with Gasteiger partial charge in [-0.2, -0.15) is 0 Å². The number of rotatable bonds is 14. The second-order valence-corrected chi connectivity index (χ2v) is 11.6. The lowest BCUT2D eigenvalue weighted by atomic mass is 10.0. The minimum Gasteiger partial charge on any atom is -0.408 e. The van der Waals surface area contributed by atoms with Gasteiger partial charge < -0.3 is 9.05 Å². The van der Waals surface area contributed by atoms with Crippen molar-refractivity contribution in [1.82, 2.24) is 0 Å². The maximum atomic E-state index is 13.9. The summed E-state index contributed by atoms with van der Waals surface area (Å²) < 4.78 is 25.8. The van der Waals surface area contributed by atoms with Gasteiger partial charge in [0.05, 0.1) is 0 Å². The van der Waals surface area contributed by atoms with Crippen LogP contribution in [0.3, 0.4) is 0 Å². The van der Waals surface area contributed by atoms with E-state index in [4.69, 9.17) is 9.05 Å². The normalized spacial score (nSPS) is 11.3. The summed E-state index contributed by atoms with van der Waals surface area (Å²) in [6.07, 6.45) is 9.86. The Labute approximate surface area is 196 Å². The zero-order valence-corrected chi connectivity index (χ0v) is 20.5. The molecule has 5 heteroatoms. The third kappa shape index (κ3) is 8.41. The van der Waals surface area contributed by atoms with Crippen LogP contribution >= 0.6 is 18.2 Å². The van der Waals surface area contributed by atoms with Crippen LogP contribution in [0.4, 0.5) is 0 Å². The van der Waals surface area contributed by atoms with Crippen molar-refractivity contribution in [2.45, 2.75) is 63.2 Å². The fourth-order valence-electron chi connectivity index (χ4n) is 3.47. The van der Waals surface area contributed by atoms with Crippen LogP contribution < -0.4 is 9.05 Å². The van der Waals surface area contributed by atoms with E-state index in [9.17, 15) is 4.57 Å². The van der Waals surface area contributed by atoms with Gasteiger partial charge in [-0.25, -0.2) is 4.57 Å². The molecule has 0 N–H and O–H groups in total. The Balaban J connectivity index is 1.69. The van der Waals surface area contributed by atoms with Crippen molar-refractivity contribution in [2.75, 3.05) is 0 Å². The summed E-state index contributed by atoms with van der Waals surface area (Å²) in [5.41, 5.74) is 1.19. The molecule has 0 bridgehead atoms. The molecule has 0 atom stereocenters. The zero-order valence-electron chi connectivity index (χ0n) is 18.8. The first-order chi connectivity index (χ1) is 15.7. The van der Waals surface area contributed by atoms with Crippen LogP contribution in [-0.2, 0) is 11.0 Å². The second-order valence-electron chi connectivity index (χ2n) is 7.83. The van der Waals surface area contributed by atoms with Gasteiger partial charge in [0, 0.05) is 16.3 Å².